The standard InChI is InChI=1S/C25H24F5N7O3/c26-24(27)4-1-15(2-5-24)21(36-23(40)16-7-14(9-31)10-32-11-16)18-13-37-19(34-18)8-17(12-33-37)22(39)35-20(38)3-6-25(28,29)30/h7-8,10-13,15,21-22,39H,1-6H2,(H,35,38)(H,36,40)/t21-,22+/m0/s1. The Morgan fingerprint density at radius 2 is 1.90 bits per heavy atom. The number of aliphatic hydroxyl groups excluding tert-OH is 1. The Morgan fingerprint density at radius 1 is 1.18 bits per heavy atom. The van der Waals surface area contributed by atoms with Crippen LogP contribution in [0.15, 0.2) is 36.9 Å². The summed E-state index contributed by atoms with van der Waals surface area (Å²) < 4.78 is 66.1. The second-order valence-electron chi connectivity index (χ2n) is 9.56. The molecule has 15 heteroatoms. The molecule has 1 aliphatic rings. The first-order valence-electron chi connectivity index (χ1n) is 12.3. The molecule has 3 N–H and O–H groups in total. The lowest BCUT2D eigenvalue weighted by atomic mass is 9.81. The van der Waals surface area contributed by atoms with E-state index in [9.17, 15) is 36.6 Å². The maximum absolute atomic E-state index is 13.9. The molecule has 0 bridgehead atoms. The Kier molecular flexibility index (Phi) is 8.29. The van der Waals surface area contributed by atoms with Gasteiger partial charge in [-0.25, -0.2) is 18.3 Å². The van der Waals surface area contributed by atoms with Crippen LogP contribution in [-0.2, 0) is 4.79 Å². The summed E-state index contributed by atoms with van der Waals surface area (Å²) in [6, 6.07) is 3.77. The predicted octanol–water partition coefficient (Wildman–Crippen LogP) is 3.74. The number of amides is 2. The number of nitriles is 1. The number of hydrogen-bond donors (Lipinski definition) is 3. The smallest absolute Gasteiger partial charge is 0.369 e. The average Bonchev–Trinajstić information content (AvgIpc) is 3.33. The second-order valence-corrected chi connectivity index (χ2v) is 9.56. The SMILES string of the molecule is N#Cc1cncc(C(=O)N[C@H](c2cn3ncc([C@@H](O)NC(=O)CCC(F)(F)F)cc3n2)C2CCC(F)(F)CC2)c1. The third-order valence-electron chi connectivity index (χ3n) is 6.58. The van der Waals surface area contributed by atoms with Crippen LogP contribution in [0.5, 0.6) is 0 Å². The van der Waals surface area contributed by atoms with Crippen LogP contribution in [0.4, 0.5) is 22.0 Å². The zero-order valence-corrected chi connectivity index (χ0v) is 20.8. The van der Waals surface area contributed by atoms with E-state index < -0.39 is 54.9 Å². The molecule has 10 nitrogen and oxygen atoms in total. The number of nitrogens with zero attached hydrogens (tertiary/aromatic N) is 5. The number of aromatic nitrogens is 4. The number of hydrogen-bond acceptors (Lipinski definition) is 7. The van der Waals surface area contributed by atoms with Crippen molar-refractivity contribution in [2.75, 3.05) is 0 Å². The number of rotatable bonds is 8. The normalized spacial score (nSPS) is 17.1. The second kappa shape index (κ2) is 11.5. The molecule has 0 aromatic carbocycles. The first-order chi connectivity index (χ1) is 18.8. The topological polar surface area (TPSA) is 145 Å². The van der Waals surface area contributed by atoms with Crippen molar-refractivity contribution < 1.29 is 36.6 Å². The van der Waals surface area contributed by atoms with Crippen molar-refractivity contribution in [1.29, 1.82) is 5.26 Å². The van der Waals surface area contributed by atoms with E-state index in [2.05, 4.69) is 25.7 Å². The first kappa shape index (κ1) is 28.8. The van der Waals surface area contributed by atoms with Crippen molar-refractivity contribution in [3.8, 4) is 6.07 Å². The largest absolute Gasteiger partial charge is 0.389 e. The number of aliphatic hydroxyl groups is 1. The van der Waals surface area contributed by atoms with E-state index in [1.165, 1.54) is 41.4 Å². The third kappa shape index (κ3) is 7.26. The molecule has 0 radical (unpaired) electrons. The van der Waals surface area contributed by atoms with Crippen LogP contribution in [0.25, 0.3) is 5.65 Å². The molecule has 40 heavy (non-hydrogen) atoms. The summed E-state index contributed by atoms with van der Waals surface area (Å²) in [5.74, 6) is -4.82. The van der Waals surface area contributed by atoms with E-state index >= 15 is 0 Å². The fourth-order valence-electron chi connectivity index (χ4n) is 4.45. The summed E-state index contributed by atoms with van der Waals surface area (Å²) in [7, 11) is 0. The van der Waals surface area contributed by atoms with Crippen molar-refractivity contribution in [2.45, 2.75) is 62.9 Å². The summed E-state index contributed by atoms with van der Waals surface area (Å²) >= 11 is 0. The quantitative estimate of drug-likeness (QED) is 0.279. The zero-order chi connectivity index (χ0) is 29.1. The maximum atomic E-state index is 13.9. The van der Waals surface area contributed by atoms with Gasteiger partial charge in [0.1, 0.15) is 6.07 Å². The van der Waals surface area contributed by atoms with Crippen LogP contribution in [0.2, 0.25) is 0 Å². The van der Waals surface area contributed by atoms with Crippen LogP contribution in [0, 0.1) is 17.2 Å². The van der Waals surface area contributed by atoms with Gasteiger partial charge in [0.05, 0.1) is 41.7 Å². The summed E-state index contributed by atoms with van der Waals surface area (Å²) in [4.78, 5) is 33.1. The maximum Gasteiger partial charge on any atom is 0.389 e. The van der Waals surface area contributed by atoms with Gasteiger partial charge in [0.25, 0.3) is 5.91 Å². The lowest BCUT2D eigenvalue weighted by molar-refractivity contribution is -0.145. The van der Waals surface area contributed by atoms with Crippen LogP contribution < -0.4 is 10.6 Å². The highest BCUT2D eigenvalue weighted by atomic mass is 19.4. The van der Waals surface area contributed by atoms with Gasteiger partial charge in [-0.15, -0.1) is 0 Å². The number of carbonyl (C=O) groups is 2. The van der Waals surface area contributed by atoms with E-state index in [-0.39, 0.29) is 48.0 Å². The minimum Gasteiger partial charge on any atom is -0.369 e. The van der Waals surface area contributed by atoms with Crippen LogP contribution >= 0.6 is 0 Å². The molecular weight excluding hydrogens is 541 g/mol. The predicted molar refractivity (Wildman–Crippen MR) is 127 cm³/mol. The van der Waals surface area contributed by atoms with Gasteiger partial charge in [-0.1, -0.05) is 0 Å². The van der Waals surface area contributed by atoms with E-state index in [0.29, 0.717) is 5.69 Å². The lowest BCUT2D eigenvalue weighted by Gasteiger charge is -2.33. The molecule has 212 valence electrons. The number of nitrogens with one attached hydrogen (secondary N) is 2. The molecule has 0 saturated heterocycles. The monoisotopic (exact) mass is 565 g/mol. The highest BCUT2D eigenvalue weighted by Gasteiger charge is 2.39. The fraction of sp³-hybridized carbons (Fsp3) is 0.440. The summed E-state index contributed by atoms with van der Waals surface area (Å²) in [6.07, 6.45) is -3.71. The number of imidazole rings is 1. The highest BCUT2D eigenvalue weighted by molar-refractivity contribution is 5.94. The van der Waals surface area contributed by atoms with Gasteiger partial charge in [-0.3, -0.25) is 14.6 Å². The molecule has 1 fully saturated rings. The van der Waals surface area contributed by atoms with Gasteiger partial charge in [-0.05, 0) is 30.9 Å². The number of halogens is 5. The molecule has 2 atom stereocenters. The Morgan fingerprint density at radius 3 is 2.58 bits per heavy atom. The summed E-state index contributed by atoms with van der Waals surface area (Å²) in [5.41, 5.74) is 0.766. The van der Waals surface area contributed by atoms with E-state index in [1.54, 1.807) is 0 Å². The summed E-state index contributed by atoms with van der Waals surface area (Å²) in [6.45, 7) is 0. The highest BCUT2D eigenvalue weighted by Crippen LogP contribution is 2.41. The van der Waals surface area contributed by atoms with E-state index in [0.717, 1.165) is 0 Å². The molecule has 3 aromatic rings. The fourth-order valence-corrected chi connectivity index (χ4v) is 4.45. The van der Waals surface area contributed by atoms with Crippen LogP contribution in [-0.4, -0.2) is 48.6 Å². The van der Waals surface area contributed by atoms with Gasteiger partial charge < -0.3 is 15.7 Å². The molecule has 1 saturated carbocycles. The van der Waals surface area contributed by atoms with Gasteiger partial charge in [-0.2, -0.15) is 23.5 Å². The number of pyridine rings is 1. The lowest BCUT2D eigenvalue weighted by Crippen LogP contribution is -2.37. The van der Waals surface area contributed by atoms with Crippen LogP contribution in [0.3, 0.4) is 0 Å². The molecule has 3 heterocycles. The van der Waals surface area contributed by atoms with Crippen molar-refractivity contribution in [3.63, 3.8) is 0 Å². The Bertz CT molecular complexity index is 1430. The van der Waals surface area contributed by atoms with Crippen molar-refractivity contribution >= 4 is 17.5 Å². The zero-order valence-electron chi connectivity index (χ0n) is 20.8. The summed E-state index contributed by atoms with van der Waals surface area (Å²) in [5, 5.41) is 28.4. The third-order valence-corrected chi connectivity index (χ3v) is 6.58. The van der Waals surface area contributed by atoms with Crippen molar-refractivity contribution in [2.24, 2.45) is 5.92 Å². The van der Waals surface area contributed by atoms with E-state index in [1.807, 2.05) is 6.07 Å². The Balaban J connectivity index is 1.57. The first-order valence-corrected chi connectivity index (χ1v) is 12.3. The van der Waals surface area contributed by atoms with E-state index in [4.69, 9.17) is 5.26 Å². The molecule has 0 unspecified atom stereocenters. The van der Waals surface area contributed by atoms with Crippen molar-refractivity contribution in [3.05, 3.63) is 59.3 Å². The number of fused-ring (bicyclic) bond motifs is 1. The molecule has 4 rings (SSSR count). The molecule has 0 aliphatic heterocycles. The number of carbonyl (C=O) groups excluding carboxylic acids is 2. The van der Waals surface area contributed by atoms with Gasteiger partial charge in [0.15, 0.2) is 11.9 Å². The molecule has 0 spiro atoms. The van der Waals surface area contributed by atoms with Gasteiger partial charge in [0.2, 0.25) is 11.8 Å². The van der Waals surface area contributed by atoms with Gasteiger partial charge in [0, 0.05) is 37.2 Å². The molecular formula is C25H24F5N7O3. The minimum absolute atomic E-state index is 0.0438. The van der Waals surface area contributed by atoms with Crippen molar-refractivity contribution in [1.82, 2.24) is 30.2 Å². The van der Waals surface area contributed by atoms with Crippen LogP contribution in [0.1, 0.15) is 78.0 Å². The number of alkyl halides is 5. The average molecular weight is 566 g/mol. The minimum atomic E-state index is -4.52. The van der Waals surface area contributed by atoms with Gasteiger partial charge >= 0.3 is 6.18 Å². The molecule has 1 aliphatic carbocycles. The Labute approximate surface area is 224 Å². The Hall–Kier alpha value is -4.19. The molecule has 2 amide bonds. The molecule has 3 aromatic heterocycles.